The van der Waals surface area contributed by atoms with Crippen molar-refractivity contribution in [1.29, 1.82) is 0 Å². The molecule has 4 N–H and O–H groups in total. The van der Waals surface area contributed by atoms with Gasteiger partial charge in [-0.25, -0.2) is 4.98 Å². The molecular formula is C14H13N5O. The first kappa shape index (κ1) is 11.2. The standard InChI is InChI=1S/C14H13N5O/c15-13-18-10-9(11(20)19-13)16-12(17-10)14(6-7-14)8-4-2-1-3-5-8/h1-5H,6-7H2,(H4,15,16,17,18,19,20). The van der Waals surface area contributed by atoms with Crippen LogP contribution in [0.2, 0.25) is 0 Å². The monoisotopic (exact) mass is 267 g/mol. The van der Waals surface area contributed by atoms with Crippen LogP contribution in [0.25, 0.3) is 11.2 Å². The summed E-state index contributed by atoms with van der Waals surface area (Å²) in [5.74, 6) is 0.882. The SMILES string of the molecule is Nc1nc2nc(C3(c4ccccc4)CC3)[nH]c2c(=O)[nH]1. The lowest BCUT2D eigenvalue weighted by atomic mass is 9.95. The highest BCUT2D eigenvalue weighted by Crippen LogP contribution is 2.52. The Morgan fingerprint density at radius 2 is 1.85 bits per heavy atom. The number of fused-ring (bicyclic) bond motifs is 1. The van der Waals surface area contributed by atoms with Crippen molar-refractivity contribution in [2.75, 3.05) is 5.73 Å². The smallest absolute Gasteiger partial charge is 0.278 e. The minimum absolute atomic E-state index is 0.0881. The molecule has 100 valence electrons. The average molecular weight is 267 g/mol. The molecule has 1 fully saturated rings. The minimum atomic E-state index is -0.282. The van der Waals surface area contributed by atoms with Gasteiger partial charge in [-0.3, -0.25) is 9.78 Å². The molecule has 0 atom stereocenters. The van der Waals surface area contributed by atoms with Crippen LogP contribution in [0, 0.1) is 0 Å². The van der Waals surface area contributed by atoms with Crippen LogP contribution in [0.15, 0.2) is 35.1 Å². The van der Waals surface area contributed by atoms with Gasteiger partial charge in [-0.1, -0.05) is 30.3 Å². The van der Waals surface area contributed by atoms with Gasteiger partial charge >= 0.3 is 0 Å². The Morgan fingerprint density at radius 3 is 2.55 bits per heavy atom. The van der Waals surface area contributed by atoms with Crippen molar-refractivity contribution in [3.8, 4) is 0 Å². The molecule has 1 saturated carbocycles. The topological polar surface area (TPSA) is 100 Å². The summed E-state index contributed by atoms with van der Waals surface area (Å²) in [7, 11) is 0. The lowest BCUT2D eigenvalue weighted by Gasteiger charge is -2.12. The number of hydrogen-bond donors (Lipinski definition) is 3. The number of nitrogens with two attached hydrogens (primary N) is 1. The number of benzene rings is 1. The summed E-state index contributed by atoms with van der Waals surface area (Å²) in [6.45, 7) is 0. The van der Waals surface area contributed by atoms with Crippen LogP contribution in [-0.4, -0.2) is 19.9 Å². The minimum Gasteiger partial charge on any atom is -0.369 e. The molecule has 1 aliphatic carbocycles. The highest BCUT2D eigenvalue weighted by atomic mass is 16.1. The quantitative estimate of drug-likeness (QED) is 0.651. The maximum absolute atomic E-state index is 11.8. The molecule has 6 nitrogen and oxygen atoms in total. The molecule has 4 rings (SSSR count). The largest absolute Gasteiger partial charge is 0.369 e. The fraction of sp³-hybridized carbons (Fsp3) is 0.214. The van der Waals surface area contributed by atoms with E-state index in [0.717, 1.165) is 18.7 Å². The molecule has 1 aromatic carbocycles. The second-order valence-corrected chi connectivity index (χ2v) is 5.18. The molecular weight excluding hydrogens is 254 g/mol. The molecule has 0 radical (unpaired) electrons. The third kappa shape index (κ3) is 1.48. The Hall–Kier alpha value is -2.63. The van der Waals surface area contributed by atoms with Gasteiger partial charge in [0.1, 0.15) is 5.82 Å². The first-order valence-corrected chi connectivity index (χ1v) is 6.51. The predicted molar refractivity (Wildman–Crippen MR) is 75.4 cm³/mol. The molecule has 0 unspecified atom stereocenters. The van der Waals surface area contributed by atoms with Crippen LogP contribution in [0.5, 0.6) is 0 Å². The molecule has 2 heterocycles. The lowest BCUT2D eigenvalue weighted by Crippen LogP contribution is -2.12. The maximum atomic E-state index is 11.8. The van der Waals surface area contributed by atoms with E-state index in [2.05, 4.69) is 32.1 Å². The van der Waals surface area contributed by atoms with E-state index in [-0.39, 0.29) is 16.9 Å². The first-order valence-electron chi connectivity index (χ1n) is 6.51. The average Bonchev–Trinajstić information content (AvgIpc) is 3.14. The van der Waals surface area contributed by atoms with E-state index < -0.39 is 0 Å². The van der Waals surface area contributed by atoms with Gasteiger partial charge < -0.3 is 10.7 Å². The Labute approximate surface area is 114 Å². The Kier molecular flexibility index (Phi) is 2.07. The number of anilines is 1. The van der Waals surface area contributed by atoms with E-state index in [1.54, 1.807) is 0 Å². The lowest BCUT2D eigenvalue weighted by molar-refractivity contribution is 0.778. The zero-order valence-corrected chi connectivity index (χ0v) is 10.7. The van der Waals surface area contributed by atoms with E-state index in [1.807, 2.05) is 18.2 Å². The van der Waals surface area contributed by atoms with Gasteiger partial charge in [-0.2, -0.15) is 4.98 Å². The van der Waals surface area contributed by atoms with Gasteiger partial charge in [-0.15, -0.1) is 0 Å². The number of imidazole rings is 1. The third-order valence-electron chi connectivity index (χ3n) is 3.91. The van der Waals surface area contributed by atoms with Gasteiger partial charge in [0, 0.05) is 0 Å². The second kappa shape index (κ2) is 3.69. The molecule has 0 bridgehead atoms. The van der Waals surface area contributed by atoms with E-state index in [1.165, 1.54) is 5.56 Å². The summed E-state index contributed by atoms with van der Waals surface area (Å²) in [5.41, 5.74) is 7.13. The van der Waals surface area contributed by atoms with Crippen molar-refractivity contribution < 1.29 is 0 Å². The maximum Gasteiger partial charge on any atom is 0.278 e. The number of nitrogens with one attached hydrogen (secondary N) is 2. The van der Waals surface area contributed by atoms with Crippen molar-refractivity contribution in [2.24, 2.45) is 0 Å². The number of aromatic amines is 2. The van der Waals surface area contributed by atoms with Crippen LogP contribution < -0.4 is 11.3 Å². The van der Waals surface area contributed by atoms with Crippen LogP contribution >= 0.6 is 0 Å². The zero-order valence-electron chi connectivity index (χ0n) is 10.7. The highest BCUT2D eigenvalue weighted by molar-refractivity contribution is 5.71. The molecule has 0 saturated heterocycles. The number of nitrogens with zero attached hydrogens (tertiary/aromatic N) is 2. The molecule has 0 amide bonds. The molecule has 3 aromatic rings. The molecule has 0 aliphatic heterocycles. The van der Waals surface area contributed by atoms with Crippen LogP contribution in [0.3, 0.4) is 0 Å². The van der Waals surface area contributed by atoms with Crippen molar-refractivity contribution >= 4 is 17.1 Å². The number of hydrogen-bond acceptors (Lipinski definition) is 4. The predicted octanol–water partition coefficient (Wildman–Crippen LogP) is 1.31. The Balaban J connectivity index is 1.91. The molecule has 20 heavy (non-hydrogen) atoms. The van der Waals surface area contributed by atoms with E-state index in [4.69, 9.17) is 5.73 Å². The fourth-order valence-corrected chi connectivity index (χ4v) is 2.70. The number of nitrogen functional groups attached to an aromatic ring is 1. The normalized spacial score (nSPS) is 16.4. The summed E-state index contributed by atoms with van der Waals surface area (Å²) < 4.78 is 0. The Morgan fingerprint density at radius 1 is 1.10 bits per heavy atom. The van der Waals surface area contributed by atoms with Crippen molar-refractivity contribution in [3.05, 3.63) is 52.1 Å². The van der Waals surface area contributed by atoms with Crippen LogP contribution in [-0.2, 0) is 5.41 Å². The molecule has 2 aromatic heterocycles. The summed E-state index contributed by atoms with van der Waals surface area (Å²) in [4.78, 5) is 26.0. The van der Waals surface area contributed by atoms with E-state index >= 15 is 0 Å². The summed E-state index contributed by atoms with van der Waals surface area (Å²) in [6.07, 6.45) is 2.04. The van der Waals surface area contributed by atoms with Crippen molar-refractivity contribution in [1.82, 2.24) is 19.9 Å². The van der Waals surface area contributed by atoms with Gasteiger partial charge in [0.2, 0.25) is 5.95 Å². The highest BCUT2D eigenvalue weighted by Gasteiger charge is 2.48. The third-order valence-corrected chi connectivity index (χ3v) is 3.91. The van der Waals surface area contributed by atoms with Crippen molar-refractivity contribution in [2.45, 2.75) is 18.3 Å². The zero-order chi connectivity index (χ0) is 13.7. The van der Waals surface area contributed by atoms with Crippen LogP contribution in [0.1, 0.15) is 24.2 Å². The summed E-state index contributed by atoms with van der Waals surface area (Å²) in [6, 6.07) is 10.2. The first-order chi connectivity index (χ1) is 9.69. The van der Waals surface area contributed by atoms with E-state index in [9.17, 15) is 4.79 Å². The second-order valence-electron chi connectivity index (χ2n) is 5.18. The molecule has 6 heteroatoms. The summed E-state index contributed by atoms with van der Waals surface area (Å²) in [5, 5.41) is 0. The summed E-state index contributed by atoms with van der Waals surface area (Å²) >= 11 is 0. The van der Waals surface area contributed by atoms with Gasteiger partial charge in [0.25, 0.3) is 5.56 Å². The van der Waals surface area contributed by atoms with Gasteiger partial charge in [0.05, 0.1) is 5.41 Å². The van der Waals surface area contributed by atoms with Crippen molar-refractivity contribution in [3.63, 3.8) is 0 Å². The fourth-order valence-electron chi connectivity index (χ4n) is 2.70. The number of aromatic nitrogens is 4. The van der Waals surface area contributed by atoms with Gasteiger partial charge in [0.15, 0.2) is 11.2 Å². The molecule has 1 aliphatic rings. The van der Waals surface area contributed by atoms with Crippen LogP contribution in [0.4, 0.5) is 5.95 Å². The van der Waals surface area contributed by atoms with Gasteiger partial charge in [-0.05, 0) is 18.4 Å². The number of rotatable bonds is 2. The Bertz CT molecular complexity index is 845. The number of H-pyrrole nitrogens is 2. The van der Waals surface area contributed by atoms with E-state index in [0.29, 0.717) is 11.2 Å². The molecule has 0 spiro atoms.